The van der Waals surface area contributed by atoms with Gasteiger partial charge < -0.3 is 17.3 Å². The number of hydrogen-bond acceptors (Lipinski definition) is 1. The minimum atomic E-state index is -6.00. The minimum absolute atomic E-state index is 0. The summed E-state index contributed by atoms with van der Waals surface area (Å²) in [6.45, 7) is 1.75. The second-order valence-electron chi connectivity index (χ2n) is 8.65. The van der Waals surface area contributed by atoms with E-state index in [4.69, 9.17) is 4.74 Å². The Morgan fingerprint density at radius 2 is 0.571 bits per heavy atom. The van der Waals surface area contributed by atoms with Gasteiger partial charge in [-0.25, -0.2) is 12.8 Å². The average molecular weight is 789 g/mol. The third-order valence-corrected chi connectivity index (χ3v) is 4.77. The molecule has 7 fully saturated rings. The van der Waals surface area contributed by atoms with Crippen molar-refractivity contribution in [3.05, 3.63) is 254 Å². The summed E-state index contributed by atoms with van der Waals surface area (Å²) in [4.78, 5) is 0. The molecule has 0 amide bonds. The summed E-state index contributed by atoms with van der Waals surface area (Å²) >= 11 is 0. The Morgan fingerprint density at radius 1 is 0.388 bits per heavy atom. The van der Waals surface area contributed by atoms with Crippen LogP contribution < -0.4 is 0 Å². The summed E-state index contributed by atoms with van der Waals surface area (Å²) in [5, 5.41) is 0. The molecule has 7 aliphatic rings. The van der Waals surface area contributed by atoms with E-state index < -0.39 is 7.25 Å². The molecular formula is C40H38BF4Fe3O-3. The van der Waals surface area contributed by atoms with Gasteiger partial charge in [-0.1, -0.05) is 6.07 Å². The third kappa shape index (κ3) is 48.3. The van der Waals surface area contributed by atoms with Crippen LogP contribution in [0.25, 0.3) is 0 Å². The fraction of sp³-hybridized carbons (Fsp3) is 0. The molecule has 1 nitrogen and oxygen atoms in total. The minimum Gasteiger partial charge on any atom is -0.418 e. The molecule has 7 saturated carbocycles. The van der Waals surface area contributed by atoms with Crippen LogP contribution in [0.4, 0.5) is 17.3 Å². The molecule has 49 heavy (non-hydrogen) atoms. The number of hydrogen-bond donors (Lipinski definition) is 0. The first-order valence-corrected chi connectivity index (χ1v) is 14.4. The molecule has 0 spiro atoms. The first kappa shape index (κ1) is 53.6. The molecule has 0 aromatic heterocycles. The average Bonchev–Trinajstić information content (AvgIpc) is 3.89. The SMILES string of the molecule is F[B-](F)(F)F.[CH]1[CH][CH][CH][CH]1.[CH]1[CH][CH][CH][CH]1.[CH]1[CH][CH][CH][CH]1.[CH]1[CH][CH][CH][CH]1.[CH]1[CH][CH][CH][CH]1.[CH]1[CH][CH][CH][CH]1.[Fe].[Fe].[Fe].c1ccc([CH-]O[C+]2[CH-][CH-]2)cc1. The van der Waals surface area contributed by atoms with E-state index in [1.165, 1.54) is 0 Å². The van der Waals surface area contributed by atoms with Crippen molar-refractivity contribution >= 4 is 7.25 Å². The molecule has 1 aromatic carbocycles. The number of benzene rings is 1. The first-order valence-electron chi connectivity index (χ1n) is 14.4. The van der Waals surface area contributed by atoms with E-state index in [0.717, 1.165) is 11.7 Å². The third-order valence-electron chi connectivity index (χ3n) is 4.77. The molecule has 0 aliphatic heterocycles. The number of halogens is 4. The molecule has 262 valence electrons. The molecule has 0 bridgehead atoms. The molecule has 0 heterocycles. The van der Waals surface area contributed by atoms with Gasteiger partial charge in [0.05, 0.1) is 0 Å². The molecule has 1 aromatic rings. The van der Waals surface area contributed by atoms with E-state index in [9.17, 15) is 17.3 Å². The van der Waals surface area contributed by atoms with Crippen LogP contribution in [0.3, 0.4) is 0 Å². The predicted molar refractivity (Wildman–Crippen MR) is 182 cm³/mol. The summed E-state index contributed by atoms with van der Waals surface area (Å²) in [5.41, 5.74) is 1.09. The summed E-state index contributed by atoms with van der Waals surface area (Å²) < 4.78 is 44.2. The second kappa shape index (κ2) is 41.0. The Balaban J connectivity index is -0.000000501. The van der Waals surface area contributed by atoms with Crippen molar-refractivity contribution < 1.29 is 73.2 Å². The van der Waals surface area contributed by atoms with Crippen molar-refractivity contribution in [1.29, 1.82) is 0 Å². The van der Waals surface area contributed by atoms with Crippen LogP contribution in [0.5, 0.6) is 0 Å². The van der Waals surface area contributed by atoms with E-state index in [1.54, 1.807) is 6.61 Å². The summed E-state index contributed by atoms with van der Waals surface area (Å²) in [6.07, 6.45) is 64.8. The van der Waals surface area contributed by atoms with E-state index in [1.807, 2.05) is 236 Å². The fourth-order valence-corrected chi connectivity index (χ4v) is 2.70. The second-order valence-corrected chi connectivity index (χ2v) is 8.65. The van der Waals surface area contributed by atoms with Crippen LogP contribution in [0, 0.1) is 218 Å². The summed E-state index contributed by atoms with van der Waals surface area (Å²) in [5.74, 6) is 0. The van der Waals surface area contributed by atoms with Crippen LogP contribution >= 0.6 is 0 Å². The van der Waals surface area contributed by atoms with Crippen molar-refractivity contribution in [3.63, 3.8) is 0 Å². The molecule has 30 radical (unpaired) electrons. The maximum Gasteiger partial charge on any atom is 0.673 e. The van der Waals surface area contributed by atoms with Crippen molar-refractivity contribution in [2.45, 2.75) is 0 Å². The molecule has 9 heteroatoms. The Morgan fingerprint density at radius 3 is 0.735 bits per heavy atom. The van der Waals surface area contributed by atoms with Crippen molar-refractivity contribution in [2.24, 2.45) is 0 Å². The first-order chi connectivity index (χ1) is 22.4. The molecule has 8 rings (SSSR count). The summed E-state index contributed by atoms with van der Waals surface area (Å²) in [7, 11) is -6.00. The Bertz CT molecular complexity index is 589. The molecule has 0 saturated heterocycles. The van der Waals surface area contributed by atoms with Gasteiger partial charge in [-0.05, 0) is 199 Å². The molecule has 0 unspecified atom stereocenters. The molecule has 7 aliphatic carbocycles. The van der Waals surface area contributed by atoms with Gasteiger partial charge in [0.1, 0.15) is 0 Å². The molecular weight excluding hydrogens is 751 g/mol. The number of ether oxygens (including phenoxy) is 1. The normalized spacial score (nSPS) is 19.2. The molecule has 0 atom stereocenters. The number of rotatable bonds is 3. The van der Waals surface area contributed by atoms with Gasteiger partial charge in [0, 0.05) is 51.2 Å². The Hall–Kier alpha value is 0.263. The van der Waals surface area contributed by atoms with E-state index >= 15 is 0 Å². The van der Waals surface area contributed by atoms with E-state index in [-0.39, 0.29) is 51.2 Å². The van der Waals surface area contributed by atoms with Gasteiger partial charge in [0.2, 0.25) is 0 Å². The van der Waals surface area contributed by atoms with Crippen LogP contribution in [-0.2, 0) is 55.9 Å². The van der Waals surface area contributed by atoms with Crippen molar-refractivity contribution in [2.75, 3.05) is 0 Å². The van der Waals surface area contributed by atoms with Crippen molar-refractivity contribution in [1.82, 2.24) is 0 Å². The van der Waals surface area contributed by atoms with Crippen LogP contribution in [-0.4, -0.2) is 7.25 Å². The van der Waals surface area contributed by atoms with Gasteiger partial charge in [-0.3, -0.25) is 4.74 Å². The largest absolute Gasteiger partial charge is 0.673 e. The predicted octanol–water partition coefficient (Wildman–Crippen LogP) is 9.59. The maximum atomic E-state index is 9.75. The van der Waals surface area contributed by atoms with Gasteiger partial charge in [-0.15, -0.1) is 18.2 Å². The van der Waals surface area contributed by atoms with Crippen molar-refractivity contribution in [3.8, 4) is 0 Å². The fourth-order valence-electron chi connectivity index (χ4n) is 2.70. The van der Waals surface area contributed by atoms with Gasteiger partial charge in [0.25, 0.3) is 0 Å². The van der Waals surface area contributed by atoms with Crippen LogP contribution in [0.15, 0.2) is 30.3 Å². The zero-order chi connectivity index (χ0) is 33.2. The van der Waals surface area contributed by atoms with Gasteiger partial charge in [-0.2, -0.15) is 17.7 Å². The van der Waals surface area contributed by atoms with E-state index in [0.29, 0.717) is 0 Å². The monoisotopic (exact) mass is 789 g/mol. The van der Waals surface area contributed by atoms with Crippen LogP contribution in [0.1, 0.15) is 5.56 Å². The summed E-state index contributed by atoms with van der Waals surface area (Å²) in [6, 6.07) is 9.96. The maximum absolute atomic E-state index is 9.75. The van der Waals surface area contributed by atoms with Crippen LogP contribution in [0.2, 0.25) is 0 Å². The molecule has 0 N–H and O–H groups in total. The zero-order valence-electron chi connectivity index (χ0n) is 26.5. The zero-order valence-corrected chi connectivity index (χ0v) is 29.8. The quantitative estimate of drug-likeness (QED) is 0.169. The standard InChI is InChI=1S/C10H8O.6C5H5.BF4.3Fe/c1-2-4-9(5-3-1)8-11-10-6-7-10;6*1-2-4-5-3-1;2-1(3,4)5;;;/h1-8H;6*1-5H;;;;/q-2;;;;;;;-1;;;. The van der Waals surface area contributed by atoms with E-state index in [2.05, 4.69) is 0 Å². The van der Waals surface area contributed by atoms with Gasteiger partial charge >= 0.3 is 7.25 Å². The topological polar surface area (TPSA) is 9.23 Å². The smallest absolute Gasteiger partial charge is 0.418 e. The Kier molecular flexibility index (Phi) is 44.9. The van der Waals surface area contributed by atoms with Gasteiger partial charge in [0.15, 0.2) is 0 Å². The Labute approximate surface area is 332 Å².